The lowest BCUT2D eigenvalue weighted by Crippen LogP contribution is -2.23. The van der Waals surface area contributed by atoms with E-state index in [1.54, 1.807) is 24.4 Å². The van der Waals surface area contributed by atoms with Gasteiger partial charge in [-0.15, -0.1) is 6.42 Å². The van der Waals surface area contributed by atoms with Crippen LogP contribution in [-0.2, 0) is 0 Å². The molecule has 0 amide bonds. The average Bonchev–Trinajstić information content (AvgIpc) is 2.66. The first kappa shape index (κ1) is 18.9. The van der Waals surface area contributed by atoms with Crippen LogP contribution < -0.4 is 10.3 Å². The molecule has 0 aliphatic rings. The van der Waals surface area contributed by atoms with Gasteiger partial charge in [0.15, 0.2) is 0 Å². The van der Waals surface area contributed by atoms with Crippen LogP contribution >= 0.6 is 15.9 Å². The first-order valence-electron chi connectivity index (χ1n) is 8.42. The number of fused-ring (bicyclic) bond motifs is 1. The highest BCUT2D eigenvalue weighted by molar-refractivity contribution is 9.10. The fourth-order valence-corrected chi connectivity index (χ4v) is 2.91. The Hall–Kier alpha value is -2.91. The van der Waals surface area contributed by atoms with Crippen molar-refractivity contribution in [1.29, 1.82) is 0 Å². The molecule has 27 heavy (non-hydrogen) atoms. The first-order valence-corrected chi connectivity index (χ1v) is 9.22. The molecule has 1 heterocycles. The van der Waals surface area contributed by atoms with Gasteiger partial charge in [-0.2, -0.15) is 9.78 Å². The Morgan fingerprint density at radius 1 is 1.30 bits per heavy atom. The summed E-state index contributed by atoms with van der Waals surface area (Å²) in [5.41, 5.74) is 1.29. The maximum atomic E-state index is 12.9. The third-order valence-electron chi connectivity index (χ3n) is 3.87. The summed E-state index contributed by atoms with van der Waals surface area (Å²) in [7, 11) is 0. The minimum atomic E-state index is -0.199. The third-order valence-corrected chi connectivity index (χ3v) is 4.37. The van der Waals surface area contributed by atoms with Gasteiger partial charge in [0.25, 0.3) is 5.56 Å². The standard InChI is InChI=1S/C21H18BrN3O2/c1-4-11-27-17-8-5-15(6-9-17)13-23-25-20(14(2)3)24-19-10-7-16(22)12-18(19)21(25)26/h1,5-10,12-14H,11H2,2-3H3. The molecular weight excluding hydrogens is 406 g/mol. The Morgan fingerprint density at radius 3 is 2.70 bits per heavy atom. The smallest absolute Gasteiger partial charge is 0.282 e. The zero-order valence-corrected chi connectivity index (χ0v) is 16.6. The minimum absolute atomic E-state index is 0.0439. The summed E-state index contributed by atoms with van der Waals surface area (Å²) < 4.78 is 7.54. The molecule has 0 N–H and O–H groups in total. The molecule has 0 fully saturated rings. The van der Waals surface area contributed by atoms with E-state index in [0.717, 1.165) is 10.0 Å². The predicted octanol–water partition coefficient (Wildman–Crippen LogP) is 4.18. The van der Waals surface area contributed by atoms with Gasteiger partial charge in [-0.25, -0.2) is 4.98 Å². The van der Waals surface area contributed by atoms with Crippen LogP contribution in [-0.4, -0.2) is 22.5 Å². The normalized spacial score (nSPS) is 11.2. The summed E-state index contributed by atoms with van der Waals surface area (Å²) in [4.78, 5) is 17.6. The fraction of sp³-hybridized carbons (Fsp3) is 0.190. The summed E-state index contributed by atoms with van der Waals surface area (Å²) >= 11 is 3.40. The molecule has 0 atom stereocenters. The monoisotopic (exact) mass is 423 g/mol. The summed E-state index contributed by atoms with van der Waals surface area (Å²) in [6, 6.07) is 12.8. The Kier molecular flexibility index (Phi) is 5.72. The summed E-state index contributed by atoms with van der Waals surface area (Å²) in [5, 5.41) is 4.91. The van der Waals surface area contributed by atoms with Gasteiger partial charge in [-0.1, -0.05) is 35.7 Å². The first-order chi connectivity index (χ1) is 13.0. The van der Waals surface area contributed by atoms with Crippen molar-refractivity contribution in [1.82, 2.24) is 9.66 Å². The van der Waals surface area contributed by atoms with Gasteiger partial charge in [0.05, 0.1) is 17.1 Å². The minimum Gasteiger partial charge on any atom is -0.481 e. The number of hydrogen-bond donors (Lipinski definition) is 0. The molecule has 0 saturated carbocycles. The molecule has 3 aromatic rings. The lowest BCUT2D eigenvalue weighted by atomic mass is 10.2. The van der Waals surface area contributed by atoms with E-state index < -0.39 is 0 Å². The molecule has 5 nitrogen and oxygen atoms in total. The lowest BCUT2D eigenvalue weighted by molar-refractivity contribution is 0.370. The number of rotatable bonds is 5. The van der Waals surface area contributed by atoms with Crippen LogP contribution in [0.4, 0.5) is 0 Å². The van der Waals surface area contributed by atoms with E-state index in [1.165, 1.54) is 4.68 Å². The lowest BCUT2D eigenvalue weighted by Gasteiger charge is -2.12. The van der Waals surface area contributed by atoms with Crippen molar-refractivity contribution in [2.24, 2.45) is 5.10 Å². The number of terminal acetylenes is 1. The molecule has 2 aromatic carbocycles. The Morgan fingerprint density at radius 2 is 2.04 bits per heavy atom. The zero-order valence-electron chi connectivity index (χ0n) is 15.0. The predicted molar refractivity (Wildman–Crippen MR) is 112 cm³/mol. The average molecular weight is 424 g/mol. The molecule has 3 rings (SSSR count). The maximum absolute atomic E-state index is 12.9. The van der Waals surface area contributed by atoms with Gasteiger partial charge in [0, 0.05) is 10.4 Å². The number of aromatic nitrogens is 2. The second kappa shape index (κ2) is 8.19. The van der Waals surface area contributed by atoms with Gasteiger partial charge >= 0.3 is 0 Å². The Balaban J connectivity index is 2.01. The number of benzene rings is 2. The van der Waals surface area contributed by atoms with E-state index in [2.05, 4.69) is 31.9 Å². The van der Waals surface area contributed by atoms with Gasteiger partial charge in [-0.05, 0) is 48.0 Å². The van der Waals surface area contributed by atoms with Crippen LogP contribution in [0.25, 0.3) is 10.9 Å². The molecule has 0 saturated heterocycles. The zero-order chi connectivity index (χ0) is 19.4. The van der Waals surface area contributed by atoms with E-state index in [4.69, 9.17) is 11.2 Å². The van der Waals surface area contributed by atoms with Crippen molar-refractivity contribution in [3.63, 3.8) is 0 Å². The topological polar surface area (TPSA) is 56.5 Å². The van der Waals surface area contributed by atoms with Crippen molar-refractivity contribution >= 4 is 33.0 Å². The van der Waals surface area contributed by atoms with Crippen LogP contribution in [0, 0.1) is 12.3 Å². The molecule has 0 spiro atoms. The molecular formula is C21H18BrN3O2. The Labute approximate surface area is 165 Å². The third kappa shape index (κ3) is 4.26. The van der Waals surface area contributed by atoms with Crippen LogP contribution in [0.15, 0.2) is 56.8 Å². The highest BCUT2D eigenvalue weighted by atomic mass is 79.9. The van der Waals surface area contributed by atoms with Gasteiger partial charge in [-0.3, -0.25) is 4.79 Å². The Bertz CT molecular complexity index is 1090. The van der Waals surface area contributed by atoms with E-state index >= 15 is 0 Å². The molecule has 6 heteroatoms. The number of hydrogen-bond acceptors (Lipinski definition) is 4. The molecule has 0 aliphatic heterocycles. The SMILES string of the molecule is C#CCOc1ccc(C=Nn2c(C(C)C)nc3ccc(Br)cc3c2=O)cc1. The summed E-state index contributed by atoms with van der Waals surface area (Å²) in [5.74, 6) is 3.76. The van der Waals surface area contributed by atoms with E-state index in [9.17, 15) is 4.79 Å². The van der Waals surface area contributed by atoms with E-state index in [0.29, 0.717) is 22.5 Å². The number of nitrogens with zero attached hydrogens (tertiary/aromatic N) is 3. The summed E-state index contributed by atoms with van der Waals surface area (Å²) in [6.07, 6.45) is 6.81. The maximum Gasteiger partial charge on any atom is 0.282 e. The van der Waals surface area contributed by atoms with Crippen molar-refractivity contribution in [3.05, 3.63) is 68.7 Å². The van der Waals surface area contributed by atoms with Crippen LogP contribution in [0.2, 0.25) is 0 Å². The van der Waals surface area contributed by atoms with Crippen molar-refractivity contribution < 1.29 is 4.74 Å². The van der Waals surface area contributed by atoms with Gasteiger partial charge in [0.2, 0.25) is 0 Å². The van der Waals surface area contributed by atoms with Crippen LogP contribution in [0.5, 0.6) is 5.75 Å². The van der Waals surface area contributed by atoms with E-state index in [-0.39, 0.29) is 18.1 Å². The second-order valence-electron chi connectivity index (χ2n) is 6.21. The van der Waals surface area contributed by atoms with Crippen LogP contribution in [0.1, 0.15) is 31.2 Å². The molecule has 0 bridgehead atoms. The van der Waals surface area contributed by atoms with Crippen molar-refractivity contribution in [2.45, 2.75) is 19.8 Å². The molecule has 1 aromatic heterocycles. The van der Waals surface area contributed by atoms with E-state index in [1.807, 2.05) is 38.1 Å². The number of ether oxygens (including phenoxy) is 1. The summed E-state index contributed by atoms with van der Waals surface area (Å²) in [6.45, 7) is 4.19. The largest absolute Gasteiger partial charge is 0.481 e. The molecule has 136 valence electrons. The highest BCUT2D eigenvalue weighted by Crippen LogP contribution is 2.19. The highest BCUT2D eigenvalue weighted by Gasteiger charge is 2.13. The fourth-order valence-electron chi connectivity index (χ4n) is 2.55. The van der Waals surface area contributed by atoms with Crippen LogP contribution in [0.3, 0.4) is 0 Å². The quantitative estimate of drug-likeness (QED) is 0.456. The molecule has 0 aliphatic carbocycles. The van der Waals surface area contributed by atoms with Crippen molar-refractivity contribution in [2.75, 3.05) is 6.61 Å². The van der Waals surface area contributed by atoms with Crippen molar-refractivity contribution in [3.8, 4) is 18.1 Å². The van der Waals surface area contributed by atoms with Gasteiger partial charge < -0.3 is 4.74 Å². The second-order valence-corrected chi connectivity index (χ2v) is 7.13. The number of halogens is 1. The molecule has 0 unspecified atom stereocenters. The van der Waals surface area contributed by atoms with Gasteiger partial charge in [0.1, 0.15) is 18.2 Å². The molecule has 0 radical (unpaired) electrons.